The zero-order valence-electron chi connectivity index (χ0n) is 10.6. The van der Waals surface area contributed by atoms with E-state index in [1.165, 1.54) is 6.07 Å². The van der Waals surface area contributed by atoms with Gasteiger partial charge >= 0.3 is 5.97 Å². The summed E-state index contributed by atoms with van der Waals surface area (Å²) in [6, 6.07) is 1.34. The number of ether oxygens (including phenoxy) is 1. The van der Waals surface area contributed by atoms with Crippen LogP contribution in [0.1, 0.15) is 40.5 Å². The van der Waals surface area contributed by atoms with E-state index in [1.54, 1.807) is 18.4 Å². The number of rotatable bonds is 2. The molecule has 0 amide bonds. The Morgan fingerprint density at radius 2 is 2.22 bits per heavy atom. The first-order chi connectivity index (χ1) is 8.52. The Labute approximate surface area is 105 Å². The molecule has 1 aromatic rings. The average molecular weight is 251 g/mol. The minimum atomic E-state index is -0.990. The van der Waals surface area contributed by atoms with E-state index in [9.17, 15) is 14.7 Å². The van der Waals surface area contributed by atoms with Gasteiger partial charge in [0.05, 0.1) is 18.2 Å². The lowest BCUT2D eigenvalue weighted by Gasteiger charge is -2.27. The van der Waals surface area contributed by atoms with Gasteiger partial charge in [-0.1, -0.05) is 0 Å². The summed E-state index contributed by atoms with van der Waals surface area (Å²) < 4.78 is 6.94. The fraction of sp³-hybridized carbons (Fsp3) is 0.538. The first-order valence-corrected chi connectivity index (χ1v) is 6.06. The lowest BCUT2D eigenvalue weighted by molar-refractivity contribution is 0.0565. The van der Waals surface area contributed by atoms with Crippen molar-refractivity contribution in [3.8, 4) is 0 Å². The number of aromatic nitrogens is 1. The Bertz CT molecular complexity index is 527. The van der Waals surface area contributed by atoms with E-state index in [1.807, 2.05) is 0 Å². The predicted molar refractivity (Wildman–Crippen MR) is 66.2 cm³/mol. The predicted octanol–water partition coefficient (Wildman–Crippen LogP) is 1.51. The minimum Gasteiger partial charge on any atom is -0.478 e. The Morgan fingerprint density at radius 1 is 1.50 bits per heavy atom. The van der Waals surface area contributed by atoms with Crippen LogP contribution in [0.4, 0.5) is 0 Å². The van der Waals surface area contributed by atoms with Crippen LogP contribution in [-0.2, 0) is 4.74 Å². The van der Waals surface area contributed by atoms with E-state index in [4.69, 9.17) is 4.74 Å². The molecular formula is C13H17NO4. The van der Waals surface area contributed by atoms with Crippen LogP contribution >= 0.6 is 0 Å². The summed E-state index contributed by atoms with van der Waals surface area (Å²) in [5.41, 5.74) is 1.10. The second-order valence-electron chi connectivity index (χ2n) is 4.67. The number of carboxylic acids is 1. The summed E-state index contributed by atoms with van der Waals surface area (Å²) in [4.78, 5) is 23.3. The Hall–Kier alpha value is -1.62. The molecule has 5 heteroatoms. The monoisotopic (exact) mass is 251 g/mol. The van der Waals surface area contributed by atoms with Crippen LogP contribution in [0.5, 0.6) is 0 Å². The summed E-state index contributed by atoms with van der Waals surface area (Å²) >= 11 is 0. The van der Waals surface area contributed by atoms with Crippen LogP contribution in [0.2, 0.25) is 0 Å². The standard InChI is InChI=1S/C13H17NO4/c1-8-6-11(15)14(9(2)12(8)13(16)17)10-4-3-5-18-7-10/h6,10H,3-5,7H2,1-2H3,(H,16,17). The molecule has 1 N–H and O–H groups in total. The summed E-state index contributed by atoms with van der Waals surface area (Å²) in [7, 11) is 0. The van der Waals surface area contributed by atoms with Gasteiger partial charge in [-0.05, 0) is 32.3 Å². The number of carboxylic acid groups (broad SMARTS) is 1. The van der Waals surface area contributed by atoms with Crippen LogP contribution in [-0.4, -0.2) is 28.9 Å². The molecule has 1 aromatic heterocycles. The highest BCUT2D eigenvalue weighted by Crippen LogP contribution is 2.21. The number of hydrogen-bond acceptors (Lipinski definition) is 3. The SMILES string of the molecule is Cc1cc(=O)n(C2CCCOC2)c(C)c1C(=O)O. The van der Waals surface area contributed by atoms with Gasteiger partial charge in [0.15, 0.2) is 0 Å². The molecule has 1 aliphatic rings. The van der Waals surface area contributed by atoms with Crippen molar-refractivity contribution in [1.82, 2.24) is 4.57 Å². The first-order valence-electron chi connectivity index (χ1n) is 6.06. The normalized spacial score (nSPS) is 19.8. The topological polar surface area (TPSA) is 68.5 Å². The summed E-state index contributed by atoms with van der Waals surface area (Å²) in [6.07, 6.45) is 1.75. The molecule has 1 atom stereocenters. The molecule has 1 saturated heterocycles. The molecule has 1 unspecified atom stereocenters. The molecule has 98 valence electrons. The van der Waals surface area contributed by atoms with Crippen molar-refractivity contribution in [2.45, 2.75) is 32.7 Å². The van der Waals surface area contributed by atoms with Gasteiger partial charge in [-0.2, -0.15) is 0 Å². The van der Waals surface area contributed by atoms with Gasteiger partial charge in [0.1, 0.15) is 0 Å². The number of aromatic carboxylic acids is 1. The molecule has 18 heavy (non-hydrogen) atoms. The van der Waals surface area contributed by atoms with Crippen LogP contribution in [0.25, 0.3) is 0 Å². The molecule has 1 aliphatic heterocycles. The van der Waals surface area contributed by atoms with E-state index < -0.39 is 5.97 Å². The lowest BCUT2D eigenvalue weighted by atomic mass is 10.0. The molecule has 2 heterocycles. The summed E-state index contributed by atoms with van der Waals surface area (Å²) in [6.45, 7) is 4.52. The van der Waals surface area contributed by atoms with Crippen molar-refractivity contribution >= 4 is 5.97 Å². The quantitative estimate of drug-likeness (QED) is 0.865. The second-order valence-corrected chi connectivity index (χ2v) is 4.67. The lowest BCUT2D eigenvalue weighted by Crippen LogP contribution is -2.33. The average Bonchev–Trinajstić information content (AvgIpc) is 2.28. The van der Waals surface area contributed by atoms with E-state index in [-0.39, 0.29) is 17.2 Å². The fourth-order valence-corrected chi connectivity index (χ4v) is 2.60. The molecular weight excluding hydrogens is 234 g/mol. The largest absolute Gasteiger partial charge is 0.478 e. The van der Waals surface area contributed by atoms with Crippen molar-refractivity contribution in [2.75, 3.05) is 13.2 Å². The molecule has 0 spiro atoms. The van der Waals surface area contributed by atoms with E-state index in [0.717, 1.165) is 12.8 Å². The van der Waals surface area contributed by atoms with E-state index in [0.29, 0.717) is 24.5 Å². The maximum atomic E-state index is 12.0. The number of pyridine rings is 1. The van der Waals surface area contributed by atoms with Gasteiger partial charge in [-0.3, -0.25) is 4.79 Å². The van der Waals surface area contributed by atoms with Crippen LogP contribution < -0.4 is 5.56 Å². The molecule has 5 nitrogen and oxygen atoms in total. The number of hydrogen-bond donors (Lipinski definition) is 1. The zero-order chi connectivity index (χ0) is 13.3. The van der Waals surface area contributed by atoms with Gasteiger partial charge in [0.2, 0.25) is 0 Å². The zero-order valence-corrected chi connectivity index (χ0v) is 10.6. The van der Waals surface area contributed by atoms with Crippen LogP contribution in [0, 0.1) is 13.8 Å². The highest BCUT2D eigenvalue weighted by Gasteiger charge is 2.22. The molecule has 1 fully saturated rings. The van der Waals surface area contributed by atoms with Gasteiger partial charge in [0, 0.05) is 18.4 Å². The molecule has 0 radical (unpaired) electrons. The maximum Gasteiger partial charge on any atom is 0.337 e. The molecule has 0 aliphatic carbocycles. The summed E-state index contributed by atoms with van der Waals surface area (Å²) in [5, 5.41) is 9.21. The molecule has 0 bridgehead atoms. The van der Waals surface area contributed by atoms with E-state index >= 15 is 0 Å². The molecule has 0 saturated carbocycles. The van der Waals surface area contributed by atoms with E-state index in [2.05, 4.69) is 0 Å². The molecule has 2 rings (SSSR count). The molecule has 0 aromatic carbocycles. The van der Waals surface area contributed by atoms with Gasteiger partial charge in [-0.25, -0.2) is 4.79 Å². The Kier molecular flexibility index (Phi) is 3.52. The Morgan fingerprint density at radius 3 is 2.78 bits per heavy atom. The van der Waals surface area contributed by atoms with Crippen molar-refractivity contribution in [1.29, 1.82) is 0 Å². The first kappa shape index (κ1) is 12.8. The van der Waals surface area contributed by atoms with Crippen molar-refractivity contribution in [3.05, 3.63) is 33.2 Å². The maximum absolute atomic E-state index is 12.0. The summed E-state index contributed by atoms with van der Waals surface area (Å²) in [5.74, 6) is -0.990. The third-order valence-electron chi connectivity index (χ3n) is 3.41. The van der Waals surface area contributed by atoms with Crippen LogP contribution in [0.3, 0.4) is 0 Å². The second kappa shape index (κ2) is 4.94. The highest BCUT2D eigenvalue weighted by molar-refractivity contribution is 5.90. The number of nitrogens with zero attached hydrogens (tertiary/aromatic N) is 1. The Balaban J connectivity index is 2.56. The van der Waals surface area contributed by atoms with Crippen molar-refractivity contribution in [3.63, 3.8) is 0 Å². The number of aryl methyl sites for hydroxylation is 1. The van der Waals surface area contributed by atoms with Gasteiger partial charge in [0.25, 0.3) is 5.56 Å². The number of carbonyl (C=O) groups is 1. The third-order valence-corrected chi connectivity index (χ3v) is 3.41. The highest BCUT2D eigenvalue weighted by atomic mass is 16.5. The van der Waals surface area contributed by atoms with Crippen molar-refractivity contribution in [2.24, 2.45) is 0 Å². The smallest absolute Gasteiger partial charge is 0.337 e. The van der Waals surface area contributed by atoms with Gasteiger partial charge in [-0.15, -0.1) is 0 Å². The van der Waals surface area contributed by atoms with Gasteiger partial charge < -0.3 is 14.4 Å². The fourth-order valence-electron chi connectivity index (χ4n) is 2.60. The van der Waals surface area contributed by atoms with Crippen LogP contribution in [0.15, 0.2) is 10.9 Å². The van der Waals surface area contributed by atoms with Crippen molar-refractivity contribution < 1.29 is 14.6 Å². The minimum absolute atomic E-state index is 0.0510. The third kappa shape index (κ3) is 2.18.